The fourth-order valence-corrected chi connectivity index (χ4v) is 3.01. The van der Waals surface area contributed by atoms with E-state index < -0.39 is 11.9 Å². The van der Waals surface area contributed by atoms with E-state index in [2.05, 4.69) is 5.32 Å². The van der Waals surface area contributed by atoms with Gasteiger partial charge in [-0.1, -0.05) is 35.9 Å². The monoisotopic (exact) mass is 462 g/mol. The molecule has 0 radical (unpaired) electrons. The minimum Gasteiger partial charge on any atom is -0.493 e. The van der Waals surface area contributed by atoms with Gasteiger partial charge in [0.15, 0.2) is 11.5 Å². The topological polar surface area (TPSA) is 109 Å². The maximum Gasteiger partial charge on any atom is 0.335 e. The van der Waals surface area contributed by atoms with Crippen molar-refractivity contribution >= 4 is 35.2 Å². The van der Waals surface area contributed by atoms with Crippen molar-refractivity contribution in [3.05, 3.63) is 94.0 Å². The number of hydrogen-bond acceptors (Lipinski definition) is 5. The lowest BCUT2D eigenvalue weighted by Crippen LogP contribution is -2.14. The number of carbonyl (C=O) groups excluding carboxylic acids is 1. The van der Waals surface area contributed by atoms with Crippen molar-refractivity contribution < 1.29 is 24.2 Å². The molecule has 0 saturated heterocycles. The van der Waals surface area contributed by atoms with Crippen LogP contribution >= 0.6 is 11.6 Å². The summed E-state index contributed by atoms with van der Waals surface area (Å²) in [7, 11) is 1.51. The molecule has 7 nitrogen and oxygen atoms in total. The maximum absolute atomic E-state index is 12.6. The number of nitrogens with one attached hydrogen (secondary N) is 1. The van der Waals surface area contributed by atoms with Gasteiger partial charge >= 0.3 is 5.97 Å². The van der Waals surface area contributed by atoms with Crippen molar-refractivity contribution in [2.75, 3.05) is 12.4 Å². The lowest BCUT2D eigenvalue weighted by atomic mass is 10.1. The van der Waals surface area contributed by atoms with Crippen LogP contribution in [0.2, 0.25) is 5.02 Å². The molecule has 0 aliphatic rings. The van der Waals surface area contributed by atoms with E-state index in [4.69, 9.17) is 26.2 Å². The SMILES string of the molecule is COc1ccc(/C=C(\C#N)C(=O)Nc2cccc(C(=O)O)c2)cc1OCc1ccc(Cl)cc1. The van der Waals surface area contributed by atoms with Crippen molar-refractivity contribution in [3.8, 4) is 17.6 Å². The first kappa shape index (κ1) is 23.4. The number of aromatic carboxylic acids is 1. The van der Waals surface area contributed by atoms with Gasteiger partial charge in [0.1, 0.15) is 18.2 Å². The first-order valence-electron chi connectivity index (χ1n) is 9.71. The molecule has 0 spiro atoms. The van der Waals surface area contributed by atoms with Gasteiger partial charge in [-0.25, -0.2) is 4.79 Å². The fraction of sp³-hybridized carbons (Fsp3) is 0.0800. The third-order valence-electron chi connectivity index (χ3n) is 4.54. The molecule has 0 aromatic heterocycles. The number of carboxylic acid groups (broad SMARTS) is 1. The highest BCUT2D eigenvalue weighted by Gasteiger charge is 2.13. The smallest absolute Gasteiger partial charge is 0.335 e. The van der Waals surface area contributed by atoms with E-state index in [9.17, 15) is 14.9 Å². The van der Waals surface area contributed by atoms with Crippen LogP contribution in [0.5, 0.6) is 11.5 Å². The molecule has 0 atom stereocenters. The number of carbonyl (C=O) groups is 2. The van der Waals surface area contributed by atoms with E-state index in [1.54, 1.807) is 30.3 Å². The highest BCUT2D eigenvalue weighted by atomic mass is 35.5. The summed E-state index contributed by atoms with van der Waals surface area (Å²) in [4.78, 5) is 23.7. The second kappa shape index (κ2) is 10.8. The average molecular weight is 463 g/mol. The molecule has 3 aromatic rings. The number of halogens is 1. The molecule has 0 heterocycles. The molecule has 33 heavy (non-hydrogen) atoms. The van der Waals surface area contributed by atoms with Crippen LogP contribution in [-0.2, 0) is 11.4 Å². The molecule has 0 unspecified atom stereocenters. The maximum atomic E-state index is 12.6. The van der Waals surface area contributed by atoms with Gasteiger partial charge in [0.25, 0.3) is 5.91 Å². The number of amides is 1. The van der Waals surface area contributed by atoms with E-state index in [1.165, 1.54) is 37.5 Å². The molecular formula is C25H19ClN2O5. The summed E-state index contributed by atoms with van der Waals surface area (Å²) in [6, 6.07) is 19.9. The van der Waals surface area contributed by atoms with Crippen LogP contribution < -0.4 is 14.8 Å². The summed E-state index contributed by atoms with van der Waals surface area (Å²) in [6.45, 7) is 0.270. The minimum absolute atomic E-state index is 0.0212. The Balaban J connectivity index is 1.79. The number of carboxylic acids is 1. The molecule has 8 heteroatoms. The molecule has 3 aromatic carbocycles. The lowest BCUT2D eigenvalue weighted by Gasteiger charge is -2.12. The number of methoxy groups -OCH3 is 1. The van der Waals surface area contributed by atoms with Gasteiger partial charge in [0, 0.05) is 10.7 Å². The zero-order valence-corrected chi connectivity index (χ0v) is 18.3. The number of nitriles is 1. The third-order valence-corrected chi connectivity index (χ3v) is 4.79. The van der Waals surface area contributed by atoms with Crippen LogP contribution in [-0.4, -0.2) is 24.1 Å². The summed E-state index contributed by atoms with van der Waals surface area (Å²) in [6.07, 6.45) is 1.41. The van der Waals surface area contributed by atoms with E-state index in [1.807, 2.05) is 18.2 Å². The van der Waals surface area contributed by atoms with Gasteiger partial charge < -0.3 is 19.9 Å². The quantitative estimate of drug-likeness (QED) is 0.353. The molecule has 0 aliphatic heterocycles. The first-order valence-corrected chi connectivity index (χ1v) is 10.1. The highest BCUT2D eigenvalue weighted by molar-refractivity contribution is 6.30. The van der Waals surface area contributed by atoms with Crippen molar-refractivity contribution in [3.63, 3.8) is 0 Å². The predicted molar refractivity (Wildman–Crippen MR) is 124 cm³/mol. The molecular weight excluding hydrogens is 444 g/mol. The molecule has 0 fully saturated rings. The minimum atomic E-state index is -1.12. The van der Waals surface area contributed by atoms with Crippen LogP contribution in [0.4, 0.5) is 5.69 Å². The number of benzene rings is 3. The Hall–Kier alpha value is -4.28. The second-order valence-electron chi connectivity index (χ2n) is 6.84. The van der Waals surface area contributed by atoms with Gasteiger partial charge in [-0.15, -0.1) is 0 Å². The lowest BCUT2D eigenvalue weighted by molar-refractivity contribution is -0.112. The zero-order chi connectivity index (χ0) is 23.8. The zero-order valence-electron chi connectivity index (χ0n) is 17.5. The Kier molecular flexibility index (Phi) is 7.68. The summed E-state index contributed by atoms with van der Waals surface area (Å²) in [5.41, 5.74) is 1.58. The van der Waals surface area contributed by atoms with Crippen LogP contribution in [0, 0.1) is 11.3 Å². The fourth-order valence-electron chi connectivity index (χ4n) is 2.88. The molecule has 166 valence electrons. The molecule has 0 bridgehead atoms. The summed E-state index contributed by atoms with van der Waals surface area (Å²) in [5, 5.41) is 21.7. The Labute approximate surface area is 195 Å². The van der Waals surface area contributed by atoms with Crippen molar-refractivity contribution in [1.82, 2.24) is 0 Å². The van der Waals surface area contributed by atoms with Crippen LogP contribution in [0.25, 0.3) is 6.08 Å². The van der Waals surface area contributed by atoms with Crippen molar-refractivity contribution in [2.24, 2.45) is 0 Å². The standard InChI is InChI=1S/C25H19ClN2O5/c1-32-22-10-7-17(12-23(22)33-15-16-5-8-20(26)9-6-16)11-19(14-27)24(29)28-21-4-2-3-18(13-21)25(30)31/h2-13H,15H2,1H3,(H,28,29)(H,30,31)/b19-11+. The summed E-state index contributed by atoms with van der Waals surface area (Å²) in [5.74, 6) is -0.853. The number of anilines is 1. The molecule has 3 rings (SSSR count). The van der Waals surface area contributed by atoms with E-state index in [0.717, 1.165) is 5.56 Å². The predicted octanol–water partition coefficient (Wildman–Crippen LogP) is 5.17. The number of hydrogen-bond donors (Lipinski definition) is 2. The Morgan fingerprint density at radius 3 is 2.52 bits per heavy atom. The Morgan fingerprint density at radius 2 is 1.85 bits per heavy atom. The van der Waals surface area contributed by atoms with Gasteiger partial charge in [-0.2, -0.15) is 5.26 Å². The van der Waals surface area contributed by atoms with Crippen molar-refractivity contribution in [2.45, 2.75) is 6.61 Å². The van der Waals surface area contributed by atoms with Gasteiger partial charge in [0.2, 0.25) is 0 Å². The van der Waals surface area contributed by atoms with Crippen molar-refractivity contribution in [1.29, 1.82) is 5.26 Å². The van der Waals surface area contributed by atoms with Gasteiger partial charge in [-0.3, -0.25) is 4.79 Å². The summed E-state index contributed by atoms with van der Waals surface area (Å²) < 4.78 is 11.2. The average Bonchev–Trinajstić information content (AvgIpc) is 2.82. The first-order chi connectivity index (χ1) is 15.9. The molecule has 1 amide bonds. The second-order valence-corrected chi connectivity index (χ2v) is 7.27. The normalized spacial score (nSPS) is 10.8. The van der Waals surface area contributed by atoms with Gasteiger partial charge in [0.05, 0.1) is 12.7 Å². The summed E-state index contributed by atoms with van der Waals surface area (Å²) >= 11 is 5.91. The highest BCUT2D eigenvalue weighted by Crippen LogP contribution is 2.30. The number of rotatable bonds is 8. The molecule has 0 saturated carbocycles. The largest absolute Gasteiger partial charge is 0.493 e. The van der Waals surface area contributed by atoms with Crippen LogP contribution in [0.15, 0.2) is 72.3 Å². The molecule has 0 aliphatic carbocycles. The third kappa shape index (κ3) is 6.35. The van der Waals surface area contributed by atoms with E-state index in [-0.39, 0.29) is 23.4 Å². The van der Waals surface area contributed by atoms with E-state index >= 15 is 0 Å². The number of ether oxygens (including phenoxy) is 2. The Bertz CT molecular complexity index is 1250. The number of nitrogens with zero attached hydrogens (tertiary/aromatic N) is 1. The van der Waals surface area contributed by atoms with Gasteiger partial charge in [-0.05, 0) is 59.7 Å². The van der Waals surface area contributed by atoms with E-state index in [0.29, 0.717) is 22.1 Å². The molecule has 2 N–H and O–H groups in total. The van der Waals surface area contributed by atoms with Crippen LogP contribution in [0.3, 0.4) is 0 Å². The van der Waals surface area contributed by atoms with Crippen LogP contribution in [0.1, 0.15) is 21.5 Å². The Morgan fingerprint density at radius 1 is 1.09 bits per heavy atom.